The van der Waals surface area contributed by atoms with Crippen molar-refractivity contribution in [3.8, 4) is 0 Å². The highest BCUT2D eigenvalue weighted by atomic mass is 32.1. The normalized spacial score (nSPS) is 10.3. The zero-order valence-electron chi connectivity index (χ0n) is 8.58. The Balaban J connectivity index is 1.97. The standard InChI is InChI=1S/C9H10N4O2S/c1-12-5-4-8(11-12)10-6-7-2-3-9(16-7)13(14)15/h2-5H,6H2,1H3,(H,10,11). The first kappa shape index (κ1) is 10.6. The molecule has 0 aliphatic heterocycles. The number of hydrogen-bond donors (Lipinski definition) is 1. The Morgan fingerprint density at radius 2 is 2.38 bits per heavy atom. The summed E-state index contributed by atoms with van der Waals surface area (Å²) < 4.78 is 1.69. The summed E-state index contributed by atoms with van der Waals surface area (Å²) in [5, 5.41) is 17.9. The Morgan fingerprint density at radius 1 is 1.56 bits per heavy atom. The van der Waals surface area contributed by atoms with E-state index in [0.29, 0.717) is 6.54 Å². The molecule has 0 saturated heterocycles. The topological polar surface area (TPSA) is 73.0 Å². The molecule has 16 heavy (non-hydrogen) atoms. The molecule has 2 aromatic heterocycles. The van der Waals surface area contributed by atoms with E-state index in [9.17, 15) is 10.1 Å². The van der Waals surface area contributed by atoms with Crippen molar-refractivity contribution < 1.29 is 4.92 Å². The van der Waals surface area contributed by atoms with Crippen LogP contribution in [-0.4, -0.2) is 14.7 Å². The molecule has 1 N–H and O–H groups in total. The molecule has 0 bridgehead atoms. The third-order valence-corrected chi connectivity index (χ3v) is 3.02. The van der Waals surface area contributed by atoms with Crippen molar-refractivity contribution >= 4 is 22.2 Å². The highest BCUT2D eigenvalue weighted by molar-refractivity contribution is 7.15. The molecule has 0 unspecified atom stereocenters. The zero-order valence-corrected chi connectivity index (χ0v) is 9.40. The van der Waals surface area contributed by atoms with Gasteiger partial charge >= 0.3 is 5.00 Å². The zero-order chi connectivity index (χ0) is 11.5. The van der Waals surface area contributed by atoms with E-state index < -0.39 is 0 Å². The Labute approximate surface area is 95.7 Å². The van der Waals surface area contributed by atoms with Crippen LogP contribution in [-0.2, 0) is 13.6 Å². The van der Waals surface area contributed by atoms with Crippen LogP contribution in [0.4, 0.5) is 10.8 Å². The first-order chi connectivity index (χ1) is 7.65. The third kappa shape index (κ3) is 2.37. The second-order valence-corrected chi connectivity index (χ2v) is 4.37. The molecule has 2 rings (SSSR count). The molecule has 84 valence electrons. The molecule has 0 saturated carbocycles. The predicted molar refractivity (Wildman–Crippen MR) is 61.5 cm³/mol. The maximum atomic E-state index is 10.5. The van der Waals surface area contributed by atoms with Gasteiger partial charge in [-0.05, 0) is 6.07 Å². The van der Waals surface area contributed by atoms with Gasteiger partial charge in [0, 0.05) is 30.3 Å². The molecule has 0 aliphatic carbocycles. The van der Waals surface area contributed by atoms with Crippen LogP contribution in [0.25, 0.3) is 0 Å². The molecule has 2 heterocycles. The Kier molecular flexibility index (Phi) is 2.86. The fourth-order valence-electron chi connectivity index (χ4n) is 1.25. The highest BCUT2D eigenvalue weighted by Gasteiger charge is 2.09. The molecule has 0 fully saturated rings. The molecule has 0 aromatic carbocycles. The van der Waals surface area contributed by atoms with Gasteiger partial charge in [-0.15, -0.1) is 0 Å². The Morgan fingerprint density at radius 3 is 2.94 bits per heavy atom. The van der Waals surface area contributed by atoms with Crippen molar-refractivity contribution in [3.05, 3.63) is 39.4 Å². The molecular weight excluding hydrogens is 228 g/mol. The predicted octanol–water partition coefficient (Wildman–Crippen LogP) is 2.00. The van der Waals surface area contributed by atoms with Crippen LogP contribution in [0.5, 0.6) is 0 Å². The van der Waals surface area contributed by atoms with E-state index in [1.54, 1.807) is 10.7 Å². The summed E-state index contributed by atoms with van der Waals surface area (Å²) in [7, 11) is 1.83. The number of anilines is 1. The van der Waals surface area contributed by atoms with Gasteiger partial charge < -0.3 is 5.32 Å². The van der Waals surface area contributed by atoms with Gasteiger partial charge in [0.1, 0.15) is 5.82 Å². The van der Waals surface area contributed by atoms with Gasteiger partial charge in [0.05, 0.1) is 11.5 Å². The SMILES string of the molecule is Cn1ccc(NCc2ccc([N+](=O)[O-])s2)n1. The fraction of sp³-hybridized carbons (Fsp3) is 0.222. The Hall–Kier alpha value is -1.89. The number of hydrogen-bond acceptors (Lipinski definition) is 5. The van der Waals surface area contributed by atoms with Crippen LogP contribution < -0.4 is 5.32 Å². The summed E-state index contributed by atoms with van der Waals surface area (Å²) in [6, 6.07) is 5.11. The van der Waals surface area contributed by atoms with Crippen molar-refractivity contribution in [2.24, 2.45) is 7.05 Å². The fourth-order valence-corrected chi connectivity index (χ4v) is 2.01. The number of nitrogens with zero attached hydrogens (tertiary/aromatic N) is 3. The lowest BCUT2D eigenvalue weighted by molar-refractivity contribution is -0.380. The Bertz CT molecular complexity index is 505. The summed E-state index contributed by atoms with van der Waals surface area (Å²) in [4.78, 5) is 11.0. The first-order valence-electron chi connectivity index (χ1n) is 4.62. The van der Waals surface area contributed by atoms with Crippen LogP contribution >= 0.6 is 11.3 Å². The largest absolute Gasteiger partial charge is 0.364 e. The van der Waals surface area contributed by atoms with E-state index in [2.05, 4.69) is 10.4 Å². The number of aryl methyl sites for hydroxylation is 1. The van der Waals surface area contributed by atoms with Crippen LogP contribution in [0, 0.1) is 10.1 Å². The van der Waals surface area contributed by atoms with Crippen LogP contribution in [0.2, 0.25) is 0 Å². The van der Waals surface area contributed by atoms with E-state index in [4.69, 9.17) is 0 Å². The number of thiophene rings is 1. The van der Waals surface area contributed by atoms with Gasteiger partial charge in [0.15, 0.2) is 0 Å². The summed E-state index contributed by atoms with van der Waals surface area (Å²) >= 11 is 1.17. The molecule has 0 spiro atoms. The molecule has 0 radical (unpaired) electrons. The van der Waals surface area contributed by atoms with Crippen molar-refractivity contribution in [1.82, 2.24) is 9.78 Å². The molecular formula is C9H10N4O2S. The minimum absolute atomic E-state index is 0.165. The van der Waals surface area contributed by atoms with Gasteiger partial charge in [-0.2, -0.15) is 5.10 Å². The highest BCUT2D eigenvalue weighted by Crippen LogP contribution is 2.24. The quantitative estimate of drug-likeness (QED) is 0.653. The van der Waals surface area contributed by atoms with Crippen molar-refractivity contribution in [3.63, 3.8) is 0 Å². The van der Waals surface area contributed by atoms with E-state index in [1.807, 2.05) is 19.3 Å². The lowest BCUT2D eigenvalue weighted by atomic mass is 10.4. The van der Waals surface area contributed by atoms with E-state index >= 15 is 0 Å². The number of rotatable bonds is 4. The average molecular weight is 238 g/mol. The maximum Gasteiger partial charge on any atom is 0.324 e. The first-order valence-corrected chi connectivity index (χ1v) is 5.43. The van der Waals surface area contributed by atoms with E-state index in [1.165, 1.54) is 17.4 Å². The number of nitro groups is 1. The van der Waals surface area contributed by atoms with Crippen molar-refractivity contribution in [2.45, 2.75) is 6.54 Å². The van der Waals surface area contributed by atoms with Crippen LogP contribution in [0.15, 0.2) is 24.4 Å². The summed E-state index contributed by atoms with van der Waals surface area (Å²) in [5.74, 6) is 0.763. The summed E-state index contributed by atoms with van der Waals surface area (Å²) in [6.45, 7) is 0.551. The second kappa shape index (κ2) is 4.31. The molecule has 0 aliphatic rings. The molecule has 0 atom stereocenters. The number of nitrogens with one attached hydrogen (secondary N) is 1. The van der Waals surface area contributed by atoms with E-state index in [-0.39, 0.29) is 9.92 Å². The second-order valence-electron chi connectivity index (χ2n) is 3.23. The third-order valence-electron chi connectivity index (χ3n) is 1.98. The molecule has 0 amide bonds. The smallest absolute Gasteiger partial charge is 0.324 e. The molecule has 2 aromatic rings. The van der Waals surface area contributed by atoms with Gasteiger partial charge in [0.2, 0.25) is 0 Å². The van der Waals surface area contributed by atoms with Gasteiger partial charge in [-0.25, -0.2) is 0 Å². The minimum Gasteiger partial charge on any atom is -0.364 e. The lowest BCUT2D eigenvalue weighted by Crippen LogP contribution is -1.98. The number of aromatic nitrogens is 2. The van der Waals surface area contributed by atoms with Gasteiger partial charge in [-0.1, -0.05) is 11.3 Å². The molecule has 7 heteroatoms. The monoisotopic (exact) mass is 238 g/mol. The lowest BCUT2D eigenvalue weighted by Gasteiger charge is -1.98. The summed E-state index contributed by atoms with van der Waals surface area (Å²) in [6.07, 6.45) is 1.83. The minimum atomic E-state index is -0.380. The molecule has 6 nitrogen and oxygen atoms in total. The van der Waals surface area contributed by atoms with Gasteiger partial charge in [-0.3, -0.25) is 14.8 Å². The van der Waals surface area contributed by atoms with E-state index in [0.717, 1.165) is 10.7 Å². The average Bonchev–Trinajstić information content (AvgIpc) is 2.83. The van der Waals surface area contributed by atoms with Crippen molar-refractivity contribution in [2.75, 3.05) is 5.32 Å². The van der Waals surface area contributed by atoms with Crippen LogP contribution in [0.3, 0.4) is 0 Å². The summed E-state index contributed by atoms with van der Waals surface area (Å²) in [5.41, 5.74) is 0. The van der Waals surface area contributed by atoms with Gasteiger partial charge in [0.25, 0.3) is 0 Å². The maximum absolute atomic E-state index is 10.5. The van der Waals surface area contributed by atoms with Crippen LogP contribution in [0.1, 0.15) is 4.88 Å². The van der Waals surface area contributed by atoms with Crippen molar-refractivity contribution in [1.29, 1.82) is 0 Å².